The van der Waals surface area contributed by atoms with Gasteiger partial charge in [0.25, 0.3) is 11.5 Å². The molecule has 0 aliphatic carbocycles. The van der Waals surface area contributed by atoms with E-state index in [2.05, 4.69) is 10.2 Å². The first-order chi connectivity index (χ1) is 12.8. The second-order valence-electron chi connectivity index (χ2n) is 6.44. The van der Waals surface area contributed by atoms with Crippen LogP contribution in [-0.2, 0) is 30.6 Å². The molecule has 3 rings (SSSR count). The van der Waals surface area contributed by atoms with E-state index in [0.717, 1.165) is 0 Å². The first kappa shape index (κ1) is 19.0. The molecule has 1 saturated heterocycles. The van der Waals surface area contributed by atoms with Gasteiger partial charge < -0.3 is 9.64 Å². The van der Waals surface area contributed by atoms with E-state index < -0.39 is 34.4 Å². The number of rotatable bonds is 5. The second-order valence-corrected chi connectivity index (χ2v) is 8.67. The zero-order chi connectivity index (χ0) is 19.6. The van der Waals surface area contributed by atoms with Crippen LogP contribution in [0.2, 0.25) is 0 Å². The van der Waals surface area contributed by atoms with Crippen molar-refractivity contribution in [3.05, 3.63) is 40.3 Å². The third-order valence-corrected chi connectivity index (χ3v) is 6.34. The Labute approximate surface area is 155 Å². The number of ether oxygens (including phenoxy) is 1. The van der Waals surface area contributed by atoms with E-state index in [1.165, 1.54) is 11.9 Å². The van der Waals surface area contributed by atoms with Crippen LogP contribution < -0.4 is 5.56 Å². The van der Waals surface area contributed by atoms with Crippen LogP contribution in [0.25, 0.3) is 10.8 Å². The molecule has 1 N–H and O–H groups in total. The number of carbonyl (C=O) groups excluding carboxylic acids is 2. The molecule has 1 aromatic heterocycles. The highest BCUT2D eigenvalue weighted by molar-refractivity contribution is 7.91. The summed E-state index contributed by atoms with van der Waals surface area (Å²) < 4.78 is 28.0. The van der Waals surface area contributed by atoms with Crippen molar-refractivity contribution in [3.63, 3.8) is 0 Å². The minimum absolute atomic E-state index is 0.0556. The maximum absolute atomic E-state index is 12.1. The summed E-state index contributed by atoms with van der Waals surface area (Å²) in [5, 5.41) is 7.17. The van der Waals surface area contributed by atoms with Gasteiger partial charge in [-0.25, -0.2) is 13.5 Å². The molecule has 1 atom stereocenters. The number of amides is 1. The third kappa shape index (κ3) is 4.33. The molecule has 1 aromatic carbocycles. The van der Waals surface area contributed by atoms with Crippen molar-refractivity contribution >= 4 is 32.5 Å². The van der Waals surface area contributed by atoms with Gasteiger partial charge in [-0.05, 0) is 12.5 Å². The summed E-state index contributed by atoms with van der Waals surface area (Å²) in [6, 6.07) is 6.34. The van der Waals surface area contributed by atoms with Gasteiger partial charge in [0, 0.05) is 18.5 Å². The number of H-pyrrole nitrogens is 1. The molecule has 0 saturated carbocycles. The van der Waals surface area contributed by atoms with E-state index >= 15 is 0 Å². The first-order valence-electron chi connectivity index (χ1n) is 8.35. The van der Waals surface area contributed by atoms with E-state index in [0.29, 0.717) is 22.9 Å². The normalized spacial score (nSPS) is 18.3. The fourth-order valence-electron chi connectivity index (χ4n) is 3.02. The first-order valence-corrected chi connectivity index (χ1v) is 10.2. The molecule has 10 heteroatoms. The van der Waals surface area contributed by atoms with Gasteiger partial charge in [0.1, 0.15) is 0 Å². The number of nitrogens with one attached hydrogen (secondary N) is 1. The molecule has 1 aliphatic rings. The van der Waals surface area contributed by atoms with Crippen molar-refractivity contribution in [1.29, 1.82) is 0 Å². The molecule has 2 heterocycles. The van der Waals surface area contributed by atoms with Crippen molar-refractivity contribution in [2.75, 3.05) is 25.2 Å². The maximum Gasteiger partial charge on any atom is 0.312 e. The summed E-state index contributed by atoms with van der Waals surface area (Å²) in [6.07, 6.45) is 0.178. The maximum atomic E-state index is 12.1. The smallest absolute Gasteiger partial charge is 0.312 e. The Morgan fingerprint density at radius 2 is 2.00 bits per heavy atom. The number of aromatic amines is 1. The number of hydrogen-bond acceptors (Lipinski definition) is 7. The molecule has 0 spiro atoms. The minimum Gasteiger partial charge on any atom is -0.455 e. The van der Waals surface area contributed by atoms with Crippen LogP contribution in [0.1, 0.15) is 12.1 Å². The summed E-state index contributed by atoms with van der Waals surface area (Å²) in [5.74, 6) is -1.15. The molecule has 0 unspecified atom stereocenters. The second kappa shape index (κ2) is 7.47. The van der Waals surface area contributed by atoms with Crippen LogP contribution in [0.15, 0.2) is 29.1 Å². The van der Waals surface area contributed by atoms with Crippen LogP contribution in [-0.4, -0.2) is 66.6 Å². The quantitative estimate of drug-likeness (QED) is 0.688. The zero-order valence-electron chi connectivity index (χ0n) is 14.7. The highest BCUT2D eigenvalue weighted by Crippen LogP contribution is 2.17. The Kier molecular flexibility index (Phi) is 5.26. The fourth-order valence-corrected chi connectivity index (χ4v) is 4.80. The Hall–Kier alpha value is -2.75. The topological polar surface area (TPSA) is 126 Å². The van der Waals surface area contributed by atoms with Crippen LogP contribution in [0.5, 0.6) is 0 Å². The lowest BCUT2D eigenvalue weighted by molar-refractivity contribution is -0.151. The number of benzene rings is 1. The van der Waals surface area contributed by atoms with Crippen molar-refractivity contribution in [1.82, 2.24) is 15.1 Å². The molecule has 1 amide bonds. The van der Waals surface area contributed by atoms with Crippen molar-refractivity contribution in [2.24, 2.45) is 0 Å². The molecule has 1 fully saturated rings. The Morgan fingerprint density at radius 1 is 1.30 bits per heavy atom. The largest absolute Gasteiger partial charge is 0.455 e. The van der Waals surface area contributed by atoms with Gasteiger partial charge in [0.2, 0.25) is 0 Å². The molecular weight excluding hydrogens is 374 g/mol. The van der Waals surface area contributed by atoms with Gasteiger partial charge in [-0.2, -0.15) is 5.10 Å². The van der Waals surface area contributed by atoms with E-state index in [4.69, 9.17) is 4.74 Å². The highest BCUT2D eigenvalue weighted by atomic mass is 32.2. The highest BCUT2D eigenvalue weighted by Gasteiger charge is 2.32. The third-order valence-electron chi connectivity index (χ3n) is 4.59. The SMILES string of the molecule is CN(C(=O)COC(=O)Cc1n[nH]c(=O)c2ccccc12)[C@H]1CCS(=O)(=O)C1. The van der Waals surface area contributed by atoms with Crippen LogP contribution in [0.4, 0.5) is 0 Å². The lowest BCUT2D eigenvalue weighted by Gasteiger charge is -2.23. The number of sulfone groups is 1. The van der Waals surface area contributed by atoms with Gasteiger partial charge in [0.15, 0.2) is 16.4 Å². The number of aromatic nitrogens is 2. The van der Waals surface area contributed by atoms with E-state index in [1.807, 2.05) is 0 Å². The van der Waals surface area contributed by atoms with Gasteiger partial charge >= 0.3 is 5.97 Å². The van der Waals surface area contributed by atoms with E-state index in [-0.39, 0.29) is 23.5 Å². The van der Waals surface area contributed by atoms with E-state index in [1.54, 1.807) is 24.3 Å². The molecule has 0 bridgehead atoms. The molecule has 27 heavy (non-hydrogen) atoms. The molecule has 2 aromatic rings. The number of hydrogen-bond donors (Lipinski definition) is 1. The van der Waals surface area contributed by atoms with Crippen LogP contribution >= 0.6 is 0 Å². The predicted molar refractivity (Wildman–Crippen MR) is 96.9 cm³/mol. The summed E-state index contributed by atoms with van der Waals surface area (Å²) in [6.45, 7) is -0.479. The summed E-state index contributed by atoms with van der Waals surface area (Å²) >= 11 is 0. The Balaban J connectivity index is 1.60. The van der Waals surface area contributed by atoms with Crippen molar-refractivity contribution in [2.45, 2.75) is 18.9 Å². The average molecular weight is 393 g/mol. The lowest BCUT2D eigenvalue weighted by Crippen LogP contribution is -2.40. The molecule has 0 radical (unpaired) electrons. The summed E-state index contributed by atoms with van der Waals surface area (Å²) in [7, 11) is -1.61. The number of nitrogens with zero attached hydrogens (tertiary/aromatic N) is 2. The van der Waals surface area contributed by atoms with Crippen LogP contribution in [0, 0.1) is 0 Å². The average Bonchev–Trinajstić information content (AvgIpc) is 3.01. The monoisotopic (exact) mass is 393 g/mol. The number of fused-ring (bicyclic) bond motifs is 1. The van der Waals surface area contributed by atoms with Crippen LogP contribution in [0.3, 0.4) is 0 Å². The summed E-state index contributed by atoms with van der Waals surface area (Å²) in [4.78, 5) is 37.3. The van der Waals surface area contributed by atoms with Gasteiger partial charge in [0.05, 0.1) is 29.0 Å². The van der Waals surface area contributed by atoms with Gasteiger partial charge in [-0.15, -0.1) is 0 Å². The van der Waals surface area contributed by atoms with Crippen molar-refractivity contribution in [3.8, 4) is 0 Å². The zero-order valence-corrected chi connectivity index (χ0v) is 15.5. The molecular formula is C17H19N3O6S. The van der Waals surface area contributed by atoms with Gasteiger partial charge in [-0.1, -0.05) is 18.2 Å². The Morgan fingerprint density at radius 3 is 2.67 bits per heavy atom. The molecule has 1 aliphatic heterocycles. The number of carbonyl (C=O) groups is 2. The van der Waals surface area contributed by atoms with Gasteiger partial charge in [-0.3, -0.25) is 14.4 Å². The molecule has 144 valence electrons. The standard InChI is InChI=1S/C17H19N3O6S/c1-20(11-6-7-27(24,25)10-11)15(21)9-26-16(22)8-14-12-4-2-3-5-13(12)17(23)19-18-14/h2-5,11H,6-10H2,1H3,(H,19,23)/t11-/m0/s1. The Bertz CT molecular complexity index is 1050. The lowest BCUT2D eigenvalue weighted by atomic mass is 10.1. The number of likely N-dealkylation sites (N-methyl/N-ethyl adjacent to an activating group) is 1. The van der Waals surface area contributed by atoms with Crippen molar-refractivity contribution < 1.29 is 22.7 Å². The summed E-state index contributed by atoms with van der Waals surface area (Å²) in [5.41, 5.74) is -0.0103. The fraction of sp³-hybridized carbons (Fsp3) is 0.412. The molecule has 9 nitrogen and oxygen atoms in total. The van der Waals surface area contributed by atoms with E-state index in [9.17, 15) is 22.8 Å². The number of esters is 1. The predicted octanol–water partition coefficient (Wildman–Crippen LogP) is -0.346. The minimum atomic E-state index is -3.11.